The van der Waals surface area contributed by atoms with Crippen molar-refractivity contribution in [2.45, 2.75) is 6.92 Å². The lowest BCUT2D eigenvalue weighted by molar-refractivity contribution is 0.0998. The Bertz CT molecular complexity index is 1900. The molecule has 7 nitrogen and oxygen atoms in total. The van der Waals surface area contributed by atoms with Gasteiger partial charge in [0.25, 0.3) is 11.5 Å². The Labute approximate surface area is 233 Å². The third-order valence-corrected chi connectivity index (χ3v) is 7.29. The first-order chi connectivity index (χ1) is 18.7. The van der Waals surface area contributed by atoms with Gasteiger partial charge < -0.3 is 14.7 Å². The number of benzene rings is 3. The first-order valence-corrected chi connectivity index (χ1v) is 12.5. The summed E-state index contributed by atoms with van der Waals surface area (Å²) >= 11 is 13.3. The van der Waals surface area contributed by atoms with Gasteiger partial charge in [0.2, 0.25) is 5.89 Å². The molecular weight excluding hydrogens is 537 g/mol. The summed E-state index contributed by atoms with van der Waals surface area (Å²) in [5.41, 5.74) is 10.5. The summed E-state index contributed by atoms with van der Waals surface area (Å²) in [7, 11) is 1.54. The van der Waals surface area contributed by atoms with Crippen LogP contribution in [0.25, 0.3) is 50.9 Å². The van der Waals surface area contributed by atoms with Gasteiger partial charge in [-0.1, -0.05) is 66.2 Å². The van der Waals surface area contributed by atoms with E-state index in [4.69, 9.17) is 33.4 Å². The van der Waals surface area contributed by atoms with Gasteiger partial charge >= 0.3 is 0 Å². The number of fused-ring (bicyclic) bond motifs is 1. The van der Waals surface area contributed by atoms with Gasteiger partial charge in [-0.05, 0) is 41.8 Å². The highest BCUT2D eigenvalue weighted by Crippen LogP contribution is 2.42. The lowest BCUT2D eigenvalue weighted by atomic mass is 9.91. The Morgan fingerprint density at radius 2 is 1.74 bits per heavy atom. The highest BCUT2D eigenvalue weighted by Gasteiger charge is 2.23. The molecule has 2 aromatic heterocycles. The summed E-state index contributed by atoms with van der Waals surface area (Å²) in [4.78, 5) is 41.1. The van der Waals surface area contributed by atoms with Gasteiger partial charge in [0.05, 0.1) is 10.0 Å². The smallest absolute Gasteiger partial charge is 0.263 e. The molecule has 0 aliphatic rings. The van der Waals surface area contributed by atoms with E-state index in [0.717, 1.165) is 11.1 Å². The van der Waals surface area contributed by atoms with Crippen molar-refractivity contribution in [2.24, 2.45) is 12.8 Å². The van der Waals surface area contributed by atoms with E-state index >= 15 is 0 Å². The predicted octanol–water partition coefficient (Wildman–Crippen LogP) is 6.70. The minimum Gasteiger partial charge on any atom is -0.434 e. The number of hydrogen-bond donors (Lipinski definition) is 1. The summed E-state index contributed by atoms with van der Waals surface area (Å²) in [5, 5.41) is 0.614. The average Bonchev–Trinajstić information content (AvgIpc) is 3.35. The maximum Gasteiger partial charge on any atom is 0.263 e. The van der Waals surface area contributed by atoms with E-state index in [1.165, 1.54) is 17.7 Å². The number of primary amides is 1. The molecule has 0 bridgehead atoms. The van der Waals surface area contributed by atoms with Gasteiger partial charge in [-0.2, -0.15) is 0 Å². The highest BCUT2D eigenvalue weighted by molar-refractivity contribution is 6.36. The maximum absolute atomic E-state index is 12.9. The summed E-state index contributed by atoms with van der Waals surface area (Å²) in [6, 6.07) is 14.1. The maximum atomic E-state index is 12.9. The molecule has 3 aromatic carbocycles. The van der Waals surface area contributed by atoms with E-state index in [9.17, 15) is 14.4 Å². The minimum atomic E-state index is -0.860. The largest absolute Gasteiger partial charge is 0.434 e. The van der Waals surface area contributed by atoms with Crippen LogP contribution in [0.2, 0.25) is 10.0 Å². The lowest BCUT2D eigenvalue weighted by Crippen LogP contribution is -2.29. The molecule has 0 saturated heterocycles. The molecule has 0 aliphatic carbocycles. The van der Waals surface area contributed by atoms with Gasteiger partial charge in [-0.25, -0.2) is 4.98 Å². The second kappa shape index (κ2) is 10.0. The van der Waals surface area contributed by atoms with Gasteiger partial charge in [0.1, 0.15) is 17.4 Å². The molecule has 0 aliphatic heterocycles. The molecule has 0 atom stereocenters. The van der Waals surface area contributed by atoms with E-state index in [2.05, 4.69) is 11.6 Å². The molecule has 1 amide bonds. The number of hydrogen-bond acceptors (Lipinski definition) is 5. The van der Waals surface area contributed by atoms with Crippen LogP contribution in [0.4, 0.5) is 0 Å². The number of aryl methyl sites for hydroxylation is 1. The zero-order valence-electron chi connectivity index (χ0n) is 20.9. The molecule has 194 valence electrons. The van der Waals surface area contributed by atoms with Crippen LogP contribution in [-0.2, 0) is 7.05 Å². The summed E-state index contributed by atoms with van der Waals surface area (Å²) in [6.07, 6.45) is 3.83. The van der Waals surface area contributed by atoms with Crippen LogP contribution in [0.3, 0.4) is 0 Å². The fourth-order valence-electron chi connectivity index (χ4n) is 4.72. The molecule has 2 heterocycles. The topological polar surface area (TPSA) is 108 Å². The molecule has 5 aromatic rings. The molecule has 0 unspecified atom stereocenters. The SMILES string of the molecule is C=Cc1cn(C)c(=O)c(C(N)=O)c1-c1cccc(-c2cccc(-c3nc4cc(C=O)cc(Cl)c4o3)c2C)c1Cl. The second-order valence-electron chi connectivity index (χ2n) is 8.95. The zero-order chi connectivity index (χ0) is 28.0. The first-order valence-electron chi connectivity index (χ1n) is 11.8. The summed E-state index contributed by atoms with van der Waals surface area (Å²) in [6.45, 7) is 5.74. The predicted molar refractivity (Wildman–Crippen MR) is 154 cm³/mol. The van der Waals surface area contributed by atoms with Crippen molar-refractivity contribution in [2.75, 3.05) is 0 Å². The molecule has 0 fully saturated rings. The first kappa shape index (κ1) is 26.2. The van der Waals surface area contributed by atoms with Crippen LogP contribution in [0.15, 0.2) is 70.5 Å². The van der Waals surface area contributed by atoms with E-state index in [1.807, 2.05) is 31.2 Å². The number of nitrogens with zero attached hydrogens (tertiary/aromatic N) is 2. The van der Waals surface area contributed by atoms with Crippen molar-refractivity contribution in [3.63, 3.8) is 0 Å². The highest BCUT2D eigenvalue weighted by atomic mass is 35.5. The summed E-state index contributed by atoms with van der Waals surface area (Å²) in [5.74, 6) is -0.528. The number of halogens is 2. The molecule has 39 heavy (non-hydrogen) atoms. The van der Waals surface area contributed by atoms with Crippen molar-refractivity contribution in [3.8, 4) is 33.7 Å². The van der Waals surface area contributed by atoms with E-state index in [0.29, 0.717) is 61.7 Å². The number of pyridine rings is 1. The second-order valence-corrected chi connectivity index (χ2v) is 9.74. The third-order valence-electron chi connectivity index (χ3n) is 6.60. The van der Waals surface area contributed by atoms with Crippen LogP contribution in [0.5, 0.6) is 0 Å². The third kappa shape index (κ3) is 4.35. The Balaban J connectivity index is 1.72. The van der Waals surface area contributed by atoms with Crippen molar-refractivity contribution in [1.82, 2.24) is 9.55 Å². The van der Waals surface area contributed by atoms with Gasteiger partial charge in [0.15, 0.2) is 5.58 Å². The molecule has 2 N–H and O–H groups in total. The number of carbonyl (C=O) groups is 2. The Morgan fingerprint density at radius 1 is 1.08 bits per heavy atom. The van der Waals surface area contributed by atoms with Crippen molar-refractivity contribution in [3.05, 3.63) is 104 Å². The number of amides is 1. The van der Waals surface area contributed by atoms with E-state index in [-0.39, 0.29) is 10.6 Å². The number of carbonyl (C=O) groups excluding carboxylic acids is 2. The zero-order valence-corrected chi connectivity index (χ0v) is 22.4. The molecule has 9 heteroatoms. The van der Waals surface area contributed by atoms with E-state index < -0.39 is 11.5 Å². The normalized spacial score (nSPS) is 11.1. The monoisotopic (exact) mass is 557 g/mol. The van der Waals surface area contributed by atoms with Crippen LogP contribution in [-0.4, -0.2) is 21.7 Å². The van der Waals surface area contributed by atoms with Crippen LogP contribution in [0, 0.1) is 6.92 Å². The lowest BCUT2D eigenvalue weighted by Gasteiger charge is -2.17. The Hall–Kier alpha value is -4.46. The number of aromatic nitrogens is 2. The Morgan fingerprint density at radius 3 is 2.41 bits per heavy atom. The number of oxazole rings is 1. The van der Waals surface area contributed by atoms with Crippen LogP contribution >= 0.6 is 23.2 Å². The minimum absolute atomic E-state index is 0.169. The van der Waals surface area contributed by atoms with Crippen LogP contribution in [0.1, 0.15) is 31.8 Å². The van der Waals surface area contributed by atoms with Gasteiger partial charge in [-0.15, -0.1) is 0 Å². The van der Waals surface area contributed by atoms with Crippen LogP contribution < -0.4 is 11.3 Å². The van der Waals surface area contributed by atoms with Crippen molar-refractivity contribution >= 4 is 52.6 Å². The molecular formula is C30H21Cl2N3O4. The number of aldehydes is 1. The van der Waals surface area contributed by atoms with Crippen molar-refractivity contribution in [1.29, 1.82) is 0 Å². The average molecular weight is 558 g/mol. The van der Waals surface area contributed by atoms with E-state index in [1.54, 1.807) is 30.5 Å². The molecule has 0 spiro atoms. The summed E-state index contributed by atoms with van der Waals surface area (Å²) < 4.78 is 7.27. The molecule has 0 saturated carbocycles. The van der Waals surface area contributed by atoms with Gasteiger partial charge in [0, 0.05) is 41.1 Å². The molecule has 5 rings (SSSR count). The molecule has 0 radical (unpaired) electrons. The standard InChI is InChI=1S/C30H21Cl2N3O4/c1-4-17-13-35(3)30(38)25(28(33)37)24(17)21-10-6-9-20(26(21)32)18-7-5-8-19(15(18)2)29-34-23-12-16(14-36)11-22(31)27(23)39-29/h4-14H,1H2,2-3H3,(H2,33,37). The quantitative estimate of drug-likeness (QED) is 0.234. The van der Waals surface area contributed by atoms with Gasteiger partial charge in [-0.3, -0.25) is 14.4 Å². The fraction of sp³-hybridized carbons (Fsp3) is 0.0667. The number of nitrogens with two attached hydrogens (primary N) is 1. The van der Waals surface area contributed by atoms with Crippen molar-refractivity contribution < 1.29 is 14.0 Å². The number of rotatable bonds is 6. The fourth-order valence-corrected chi connectivity index (χ4v) is 5.30. The Kier molecular flexibility index (Phi) is 6.72.